The van der Waals surface area contributed by atoms with Crippen LogP contribution in [0.3, 0.4) is 0 Å². The van der Waals surface area contributed by atoms with E-state index in [1.165, 1.54) is 12.1 Å². The van der Waals surface area contributed by atoms with Crippen LogP contribution in [0.1, 0.15) is 16.6 Å². The highest BCUT2D eigenvalue weighted by atomic mass is 32.1. The maximum atomic E-state index is 13.2. The Hall–Kier alpha value is -1.76. The van der Waals surface area contributed by atoms with Gasteiger partial charge in [-0.1, -0.05) is 0 Å². The maximum absolute atomic E-state index is 13.2. The molecule has 0 saturated heterocycles. The Kier molecular flexibility index (Phi) is 3.06. The second-order valence-electron chi connectivity index (χ2n) is 4.34. The number of fused-ring (bicyclic) bond motifs is 1. The van der Waals surface area contributed by atoms with Crippen LogP contribution in [-0.4, -0.2) is 9.78 Å². The van der Waals surface area contributed by atoms with Crippen molar-refractivity contribution in [3.8, 4) is 0 Å². The van der Waals surface area contributed by atoms with Crippen LogP contribution in [0.15, 0.2) is 36.5 Å². The molecule has 0 saturated carbocycles. The van der Waals surface area contributed by atoms with Crippen molar-refractivity contribution < 1.29 is 4.39 Å². The second kappa shape index (κ2) is 4.73. The van der Waals surface area contributed by atoms with Gasteiger partial charge in [-0.05, 0) is 35.7 Å². The highest BCUT2D eigenvalue weighted by Gasteiger charge is 2.17. The summed E-state index contributed by atoms with van der Waals surface area (Å²) in [6, 6.07) is 8.46. The SMILES string of the molecule is Cn1ccc(C(NN)c2cc3cc(F)ccc3s2)n1. The minimum absolute atomic E-state index is 0.179. The van der Waals surface area contributed by atoms with Crippen molar-refractivity contribution in [1.29, 1.82) is 0 Å². The zero-order chi connectivity index (χ0) is 13.4. The molecule has 6 heteroatoms. The topological polar surface area (TPSA) is 55.9 Å². The number of halogens is 1. The molecule has 0 amide bonds. The zero-order valence-corrected chi connectivity index (χ0v) is 11.1. The number of nitrogens with zero attached hydrogens (tertiary/aromatic N) is 2. The summed E-state index contributed by atoms with van der Waals surface area (Å²) in [6.07, 6.45) is 1.87. The molecule has 1 unspecified atom stereocenters. The van der Waals surface area contributed by atoms with E-state index in [2.05, 4.69) is 10.5 Å². The van der Waals surface area contributed by atoms with Gasteiger partial charge in [-0.25, -0.2) is 9.82 Å². The normalized spacial score (nSPS) is 13.0. The average molecular weight is 276 g/mol. The second-order valence-corrected chi connectivity index (χ2v) is 5.46. The van der Waals surface area contributed by atoms with Crippen molar-refractivity contribution >= 4 is 21.4 Å². The van der Waals surface area contributed by atoms with Crippen molar-refractivity contribution in [1.82, 2.24) is 15.2 Å². The number of nitrogens with one attached hydrogen (secondary N) is 1. The standard InChI is InChI=1S/C13H13FN4S/c1-18-5-4-10(17-18)13(16-15)12-7-8-6-9(14)2-3-11(8)19-12/h2-7,13,16H,15H2,1H3. The molecule has 1 aromatic carbocycles. The van der Waals surface area contributed by atoms with Crippen LogP contribution in [-0.2, 0) is 7.05 Å². The fraction of sp³-hybridized carbons (Fsp3) is 0.154. The van der Waals surface area contributed by atoms with Gasteiger partial charge in [0.1, 0.15) is 5.82 Å². The van der Waals surface area contributed by atoms with E-state index in [1.807, 2.05) is 25.4 Å². The lowest BCUT2D eigenvalue weighted by molar-refractivity contribution is 0.611. The first-order valence-corrected chi connectivity index (χ1v) is 6.63. The van der Waals surface area contributed by atoms with Gasteiger partial charge in [-0.3, -0.25) is 10.5 Å². The van der Waals surface area contributed by atoms with Crippen molar-refractivity contribution in [3.63, 3.8) is 0 Å². The van der Waals surface area contributed by atoms with Gasteiger partial charge in [-0.15, -0.1) is 11.3 Å². The van der Waals surface area contributed by atoms with Crippen LogP contribution in [0.4, 0.5) is 4.39 Å². The molecule has 3 N–H and O–H groups in total. The molecule has 19 heavy (non-hydrogen) atoms. The largest absolute Gasteiger partial charge is 0.275 e. The van der Waals surface area contributed by atoms with E-state index in [-0.39, 0.29) is 11.9 Å². The molecule has 3 aromatic rings. The summed E-state index contributed by atoms with van der Waals surface area (Å²) in [7, 11) is 1.86. The van der Waals surface area contributed by atoms with Crippen LogP contribution in [0, 0.1) is 5.82 Å². The van der Waals surface area contributed by atoms with E-state index < -0.39 is 0 Å². The quantitative estimate of drug-likeness (QED) is 0.570. The number of rotatable bonds is 3. The molecule has 0 fully saturated rings. The third kappa shape index (κ3) is 2.25. The number of nitrogens with two attached hydrogens (primary N) is 1. The summed E-state index contributed by atoms with van der Waals surface area (Å²) < 4.78 is 16.0. The summed E-state index contributed by atoms with van der Waals surface area (Å²) in [5.74, 6) is 5.40. The predicted octanol–water partition coefficient (Wildman–Crippen LogP) is 2.33. The van der Waals surface area contributed by atoms with Gasteiger partial charge in [0.15, 0.2) is 0 Å². The first-order valence-electron chi connectivity index (χ1n) is 5.82. The number of hydrogen-bond acceptors (Lipinski definition) is 4. The van der Waals surface area contributed by atoms with Crippen molar-refractivity contribution in [2.24, 2.45) is 12.9 Å². The molecular weight excluding hydrogens is 263 g/mol. The first kappa shape index (κ1) is 12.3. The highest BCUT2D eigenvalue weighted by Crippen LogP contribution is 2.32. The minimum atomic E-state index is -0.230. The molecule has 2 aromatic heterocycles. The van der Waals surface area contributed by atoms with Gasteiger partial charge in [0.05, 0.1) is 11.7 Å². The molecule has 98 valence electrons. The van der Waals surface area contributed by atoms with E-state index in [0.29, 0.717) is 0 Å². The van der Waals surface area contributed by atoms with Gasteiger partial charge in [0.2, 0.25) is 0 Å². The minimum Gasteiger partial charge on any atom is -0.275 e. The lowest BCUT2D eigenvalue weighted by Gasteiger charge is -2.10. The van der Waals surface area contributed by atoms with Crippen LogP contribution < -0.4 is 11.3 Å². The zero-order valence-electron chi connectivity index (χ0n) is 10.3. The summed E-state index contributed by atoms with van der Waals surface area (Å²) in [4.78, 5) is 1.02. The molecule has 0 radical (unpaired) electrons. The monoisotopic (exact) mass is 276 g/mol. The average Bonchev–Trinajstić information content (AvgIpc) is 2.96. The number of aromatic nitrogens is 2. The summed E-state index contributed by atoms with van der Waals surface area (Å²) in [5.41, 5.74) is 3.61. The summed E-state index contributed by atoms with van der Waals surface area (Å²) in [5, 5.41) is 5.24. The Morgan fingerprint density at radius 3 is 2.89 bits per heavy atom. The van der Waals surface area contributed by atoms with Gasteiger partial charge in [0, 0.05) is 22.8 Å². The third-order valence-electron chi connectivity index (χ3n) is 2.98. The Bertz CT molecular complexity index is 718. The fourth-order valence-electron chi connectivity index (χ4n) is 2.08. The van der Waals surface area contributed by atoms with Crippen LogP contribution in [0.5, 0.6) is 0 Å². The molecule has 0 aliphatic heterocycles. The highest BCUT2D eigenvalue weighted by molar-refractivity contribution is 7.19. The van der Waals surface area contributed by atoms with Crippen molar-refractivity contribution in [2.45, 2.75) is 6.04 Å². The molecule has 0 aliphatic carbocycles. The lowest BCUT2D eigenvalue weighted by atomic mass is 10.1. The van der Waals surface area contributed by atoms with Crippen LogP contribution >= 0.6 is 11.3 Å². The Balaban J connectivity index is 2.06. The number of benzene rings is 1. The predicted molar refractivity (Wildman–Crippen MR) is 74.2 cm³/mol. The molecule has 3 rings (SSSR count). The van der Waals surface area contributed by atoms with Gasteiger partial charge < -0.3 is 0 Å². The number of hydrazine groups is 1. The molecule has 4 nitrogen and oxygen atoms in total. The van der Waals surface area contributed by atoms with Crippen LogP contribution in [0.25, 0.3) is 10.1 Å². The Labute approximate surface area is 113 Å². The van der Waals surface area contributed by atoms with E-state index in [0.717, 1.165) is 20.7 Å². The molecule has 2 heterocycles. The van der Waals surface area contributed by atoms with E-state index in [4.69, 9.17) is 5.84 Å². The van der Waals surface area contributed by atoms with Gasteiger partial charge in [-0.2, -0.15) is 5.10 Å². The number of hydrogen-bond donors (Lipinski definition) is 2. The fourth-order valence-corrected chi connectivity index (χ4v) is 3.20. The van der Waals surface area contributed by atoms with E-state index in [1.54, 1.807) is 22.1 Å². The molecule has 0 aliphatic rings. The Morgan fingerprint density at radius 1 is 1.37 bits per heavy atom. The molecule has 0 spiro atoms. The summed E-state index contributed by atoms with van der Waals surface area (Å²) >= 11 is 1.58. The lowest BCUT2D eigenvalue weighted by Crippen LogP contribution is -2.28. The van der Waals surface area contributed by atoms with Crippen LogP contribution in [0.2, 0.25) is 0 Å². The third-order valence-corrected chi connectivity index (χ3v) is 4.16. The van der Waals surface area contributed by atoms with E-state index in [9.17, 15) is 4.39 Å². The van der Waals surface area contributed by atoms with Crippen molar-refractivity contribution in [2.75, 3.05) is 0 Å². The Morgan fingerprint density at radius 2 is 2.21 bits per heavy atom. The first-order chi connectivity index (χ1) is 9.17. The van der Waals surface area contributed by atoms with E-state index >= 15 is 0 Å². The molecular formula is C13H13FN4S. The van der Waals surface area contributed by atoms with Crippen molar-refractivity contribution in [3.05, 3.63) is 52.9 Å². The number of aryl methyl sites for hydroxylation is 1. The smallest absolute Gasteiger partial charge is 0.123 e. The molecule has 0 bridgehead atoms. The van der Waals surface area contributed by atoms with Gasteiger partial charge >= 0.3 is 0 Å². The number of thiophene rings is 1. The van der Waals surface area contributed by atoms with Gasteiger partial charge in [0.25, 0.3) is 0 Å². The molecule has 1 atom stereocenters. The maximum Gasteiger partial charge on any atom is 0.123 e. The summed E-state index contributed by atoms with van der Waals surface area (Å²) in [6.45, 7) is 0.